The molecule has 2 aromatic rings. The number of nitrogens with zero attached hydrogens (tertiary/aromatic N) is 1. The molecule has 0 saturated carbocycles. The first-order valence-corrected chi connectivity index (χ1v) is 8.03. The number of ether oxygens (including phenoxy) is 1. The predicted molar refractivity (Wildman–Crippen MR) is 92.4 cm³/mol. The normalized spacial score (nSPS) is 24.0. The lowest BCUT2D eigenvalue weighted by molar-refractivity contribution is -0.384. The van der Waals surface area contributed by atoms with Crippen molar-refractivity contribution in [1.82, 2.24) is 0 Å². The summed E-state index contributed by atoms with van der Waals surface area (Å²) in [5.74, 6) is 1.58. The third kappa shape index (κ3) is 2.24. The molecule has 1 aliphatic carbocycles. The molecular weight excluding hydrogens is 304 g/mol. The van der Waals surface area contributed by atoms with Crippen LogP contribution in [0.4, 0.5) is 11.4 Å². The van der Waals surface area contributed by atoms with E-state index in [0.717, 1.165) is 23.4 Å². The van der Waals surface area contributed by atoms with Gasteiger partial charge in [0.05, 0.1) is 23.8 Å². The van der Waals surface area contributed by atoms with Gasteiger partial charge in [0.2, 0.25) is 0 Å². The van der Waals surface area contributed by atoms with Crippen LogP contribution in [0.3, 0.4) is 0 Å². The predicted octanol–water partition coefficient (Wildman–Crippen LogP) is 4.43. The number of hydrogen-bond acceptors (Lipinski definition) is 4. The summed E-state index contributed by atoms with van der Waals surface area (Å²) >= 11 is 0. The average molecular weight is 322 g/mol. The summed E-state index contributed by atoms with van der Waals surface area (Å²) in [6, 6.07) is 13.1. The molecule has 0 aromatic heterocycles. The van der Waals surface area contributed by atoms with Gasteiger partial charge in [-0.2, -0.15) is 0 Å². The maximum atomic E-state index is 10.9. The molecule has 0 amide bonds. The molecule has 0 bridgehead atoms. The van der Waals surface area contributed by atoms with Crippen molar-refractivity contribution in [2.24, 2.45) is 5.92 Å². The van der Waals surface area contributed by atoms with Crippen molar-refractivity contribution < 1.29 is 9.66 Å². The van der Waals surface area contributed by atoms with Gasteiger partial charge < -0.3 is 10.1 Å². The zero-order valence-electron chi connectivity index (χ0n) is 13.3. The van der Waals surface area contributed by atoms with Gasteiger partial charge in [0, 0.05) is 18.1 Å². The maximum Gasteiger partial charge on any atom is 0.269 e. The van der Waals surface area contributed by atoms with E-state index in [1.807, 2.05) is 24.3 Å². The standard InChI is InChI=1S/C19H18N2O3/c1-24-17-7-3-6-16-14-4-2-5-15(14)18(20-19(16)17)12-8-10-13(11-9-12)21(22)23/h2-4,6-11,14-15,18,20H,5H2,1H3/t14-,15+,18+/m1/s1. The lowest BCUT2D eigenvalue weighted by Crippen LogP contribution is -2.29. The van der Waals surface area contributed by atoms with Gasteiger partial charge in [-0.05, 0) is 29.5 Å². The van der Waals surface area contributed by atoms with Crippen LogP contribution in [0.15, 0.2) is 54.6 Å². The highest BCUT2D eigenvalue weighted by Crippen LogP contribution is 2.52. The van der Waals surface area contributed by atoms with Crippen LogP contribution >= 0.6 is 0 Å². The molecule has 1 heterocycles. The van der Waals surface area contributed by atoms with Crippen LogP contribution in [-0.2, 0) is 0 Å². The summed E-state index contributed by atoms with van der Waals surface area (Å²) in [7, 11) is 1.68. The maximum absolute atomic E-state index is 10.9. The van der Waals surface area contributed by atoms with E-state index in [1.54, 1.807) is 19.2 Å². The smallest absolute Gasteiger partial charge is 0.269 e. The van der Waals surface area contributed by atoms with Crippen LogP contribution in [0.25, 0.3) is 0 Å². The number of para-hydroxylation sites is 1. The monoisotopic (exact) mass is 322 g/mol. The fourth-order valence-electron chi connectivity index (χ4n) is 3.90. The first-order valence-electron chi connectivity index (χ1n) is 8.03. The minimum atomic E-state index is -0.365. The van der Waals surface area contributed by atoms with Gasteiger partial charge in [0.1, 0.15) is 5.75 Å². The molecule has 24 heavy (non-hydrogen) atoms. The lowest BCUT2D eigenvalue weighted by atomic mass is 9.77. The van der Waals surface area contributed by atoms with E-state index in [9.17, 15) is 10.1 Å². The Kier molecular flexibility index (Phi) is 3.49. The Bertz CT molecular complexity index is 814. The second-order valence-corrected chi connectivity index (χ2v) is 6.25. The molecular formula is C19H18N2O3. The fourth-order valence-corrected chi connectivity index (χ4v) is 3.90. The average Bonchev–Trinajstić information content (AvgIpc) is 3.10. The quantitative estimate of drug-likeness (QED) is 0.516. The van der Waals surface area contributed by atoms with E-state index in [0.29, 0.717) is 11.8 Å². The largest absolute Gasteiger partial charge is 0.495 e. The summed E-state index contributed by atoms with van der Waals surface area (Å²) in [6.45, 7) is 0. The molecule has 122 valence electrons. The SMILES string of the molecule is COc1cccc2c1N[C@@H](c1ccc([N+](=O)[O-])cc1)[C@H]1CC=C[C@@H]21. The molecule has 1 aliphatic heterocycles. The molecule has 3 atom stereocenters. The van der Waals surface area contributed by atoms with Gasteiger partial charge >= 0.3 is 0 Å². The Balaban J connectivity index is 1.76. The molecule has 5 nitrogen and oxygen atoms in total. The number of hydrogen-bond donors (Lipinski definition) is 1. The van der Waals surface area contributed by atoms with Gasteiger partial charge in [-0.3, -0.25) is 10.1 Å². The third-order valence-electron chi connectivity index (χ3n) is 5.04. The van der Waals surface area contributed by atoms with Crippen LogP contribution in [0.2, 0.25) is 0 Å². The molecule has 1 N–H and O–H groups in total. The molecule has 0 radical (unpaired) electrons. The summed E-state index contributed by atoms with van der Waals surface area (Å²) in [4.78, 5) is 10.5. The number of anilines is 1. The number of methoxy groups -OCH3 is 1. The van der Waals surface area contributed by atoms with Gasteiger partial charge in [0.15, 0.2) is 0 Å². The van der Waals surface area contributed by atoms with E-state index in [-0.39, 0.29) is 16.7 Å². The summed E-state index contributed by atoms with van der Waals surface area (Å²) in [5, 5.41) is 14.5. The third-order valence-corrected chi connectivity index (χ3v) is 5.04. The number of fused-ring (bicyclic) bond motifs is 3. The highest BCUT2D eigenvalue weighted by molar-refractivity contribution is 5.67. The molecule has 5 heteroatoms. The molecule has 4 rings (SSSR count). The van der Waals surface area contributed by atoms with Crippen molar-refractivity contribution in [3.05, 3.63) is 75.9 Å². The van der Waals surface area contributed by atoms with Crippen LogP contribution in [-0.4, -0.2) is 12.0 Å². The highest BCUT2D eigenvalue weighted by Gasteiger charge is 2.38. The zero-order chi connectivity index (χ0) is 16.7. The number of nitrogens with one attached hydrogen (secondary N) is 1. The topological polar surface area (TPSA) is 64.4 Å². The van der Waals surface area contributed by atoms with E-state index in [2.05, 4.69) is 23.5 Å². The molecule has 0 unspecified atom stereocenters. The first kappa shape index (κ1) is 14.8. The van der Waals surface area contributed by atoms with Crippen molar-refractivity contribution >= 4 is 11.4 Å². The van der Waals surface area contributed by atoms with Crippen molar-refractivity contribution in [2.75, 3.05) is 12.4 Å². The Morgan fingerprint density at radius 3 is 2.71 bits per heavy atom. The Morgan fingerprint density at radius 2 is 2.00 bits per heavy atom. The highest BCUT2D eigenvalue weighted by atomic mass is 16.6. The Morgan fingerprint density at radius 1 is 1.21 bits per heavy atom. The van der Waals surface area contributed by atoms with E-state index in [4.69, 9.17) is 4.74 Å². The summed E-state index contributed by atoms with van der Waals surface area (Å²) in [6.07, 6.45) is 5.49. The zero-order valence-corrected chi connectivity index (χ0v) is 13.3. The number of rotatable bonds is 3. The minimum Gasteiger partial charge on any atom is -0.495 e. The van der Waals surface area contributed by atoms with Gasteiger partial charge in [-0.1, -0.05) is 36.4 Å². The van der Waals surface area contributed by atoms with Gasteiger partial charge in [-0.25, -0.2) is 0 Å². The molecule has 2 aromatic carbocycles. The van der Waals surface area contributed by atoms with Crippen molar-refractivity contribution in [1.29, 1.82) is 0 Å². The number of nitro groups is 1. The van der Waals surface area contributed by atoms with Crippen LogP contribution in [0.1, 0.15) is 29.5 Å². The van der Waals surface area contributed by atoms with Crippen LogP contribution in [0.5, 0.6) is 5.75 Å². The van der Waals surface area contributed by atoms with Gasteiger partial charge in [-0.15, -0.1) is 0 Å². The Labute approximate surface area is 140 Å². The van der Waals surface area contributed by atoms with E-state index >= 15 is 0 Å². The van der Waals surface area contributed by atoms with Crippen molar-refractivity contribution in [2.45, 2.75) is 18.4 Å². The minimum absolute atomic E-state index is 0.106. The fraction of sp³-hybridized carbons (Fsp3) is 0.263. The molecule has 2 aliphatic rings. The number of nitro benzene ring substituents is 1. The second kappa shape index (κ2) is 5.67. The summed E-state index contributed by atoms with van der Waals surface area (Å²) in [5.41, 5.74) is 3.46. The van der Waals surface area contributed by atoms with E-state index < -0.39 is 0 Å². The molecule has 0 spiro atoms. The molecule has 0 saturated heterocycles. The molecule has 0 fully saturated rings. The lowest BCUT2D eigenvalue weighted by Gasteiger charge is -2.38. The van der Waals surface area contributed by atoms with Crippen LogP contribution < -0.4 is 10.1 Å². The van der Waals surface area contributed by atoms with Crippen molar-refractivity contribution in [3.8, 4) is 5.75 Å². The van der Waals surface area contributed by atoms with Crippen molar-refractivity contribution in [3.63, 3.8) is 0 Å². The van der Waals surface area contributed by atoms with Gasteiger partial charge in [0.25, 0.3) is 5.69 Å². The van der Waals surface area contributed by atoms with E-state index in [1.165, 1.54) is 5.56 Å². The second-order valence-electron chi connectivity index (χ2n) is 6.25. The first-order chi connectivity index (χ1) is 11.7. The number of allylic oxidation sites excluding steroid dienone is 2. The Hall–Kier alpha value is -2.82. The summed E-state index contributed by atoms with van der Waals surface area (Å²) < 4.78 is 5.52. The van der Waals surface area contributed by atoms with Crippen LogP contribution in [0, 0.1) is 16.0 Å². The number of non-ortho nitro benzene ring substituents is 1. The number of benzene rings is 2.